The van der Waals surface area contributed by atoms with Crippen LogP contribution < -0.4 is 0 Å². The van der Waals surface area contributed by atoms with E-state index in [-0.39, 0.29) is 0 Å². The Morgan fingerprint density at radius 1 is 1.14 bits per heavy atom. The second-order valence-electron chi connectivity index (χ2n) is 8.28. The van der Waals surface area contributed by atoms with Gasteiger partial charge in [0.2, 0.25) is 0 Å². The molecule has 0 saturated heterocycles. The first kappa shape index (κ1) is 18.7. The summed E-state index contributed by atoms with van der Waals surface area (Å²) >= 11 is 0. The normalized spacial score (nSPS) is 25.2. The van der Waals surface area contributed by atoms with Crippen LogP contribution >= 0.6 is 0 Å². The zero-order chi connectivity index (χ0) is 19.7. The van der Waals surface area contributed by atoms with Crippen LogP contribution in [0.15, 0.2) is 107 Å². The molecule has 142 valence electrons. The van der Waals surface area contributed by atoms with Gasteiger partial charge in [-0.3, -0.25) is 0 Å². The Balaban J connectivity index is 1.76. The number of fused-ring (bicyclic) bond motifs is 1. The lowest BCUT2D eigenvalue weighted by molar-refractivity contribution is 0.555. The van der Waals surface area contributed by atoms with Gasteiger partial charge in [0, 0.05) is 11.8 Å². The molecule has 1 aromatic carbocycles. The van der Waals surface area contributed by atoms with E-state index < -0.39 is 0 Å². The van der Waals surface area contributed by atoms with Gasteiger partial charge in [-0.15, -0.1) is 0 Å². The van der Waals surface area contributed by atoms with Crippen LogP contribution in [0.5, 0.6) is 0 Å². The highest BCUT2D eigenvalue weighted by Crippen LogP contribution is 2.54. The minimum atomic E-state index is 0.383. The summed E-state index contributed by atoms with van der Waals surface area (Å²) < 4.78 is 0. The van der Waals surface area contributed by atoms with E-state index in [1.807, 2.05) is 0 Å². The minimum absolute atomic E-state index is 0.383. The van der Waals surface area contributed by atoms with E-state index in [9.17, 15) is 0 Å². The Morgan fingerprint density at radius 2 is 1.93 bits per heavy atom. The lowest BCUT2D eigenvalue weighted by Crippen LogP contribution is -2.24. The maximum Gasteiger partial charge on any atom is 0.0166 e. The molecule has 2 unspecified atom stereocenters. The van der Waals surface area contributed by atoms with E-state index in [0.717, 1.165) is 25.7 Å². The van der Waals surface area contributed by atoms with Crippen molar-refractivity contribution in [2.75, 3.05) is 0 Å². The van der Waals surface area contributed by atoms with Crippen LogP contribution in [-0.4, -0.2) is 0 Å². The fourth-order valence-corrected chi connectivity index (χ4v) is 5.11. The molecule has 4 rings (SSSR count). The second kappa shape index (κ2) is 7.80. The fraction of sp³-hybridized carbons (Fsp3) is 0.286. The molecule has 0 aliphatic heterocycles. The van der Waals surface area contributed by atoms with Gasteiger partial charge < -0.3 is 0 Å². The third kappa shape index (κ3) is 3.33. The third-order valence-electron chi connectivity index (χ3n) is 6.33. The first-order chi connectivity index (χ1) is 13.6. The Labute approximate surface area is 170 Å². The molecule has 1 saturated carbocycles. The number of allylic oxidation sites excluding steroid dienone is 11. The van der Waals surface area contributed by atoms with Crippen LogP contribution in [0.3, 0.4) is 0 Å². The van der Waals surface area contributed by atoms with Gasteiger partial charge in [-0.25, -0.2) is 0 Å². The zero-order valence-electron chi connectivity index (χ0n) is 17.2. The van der Waals surface area contributed by atoms with Crippen molar-refractivity contribution < 1.29 is 0 Å². The summed E-state index contributed by atoms with van der Waals surface area (Å²) in [7, 11) is 0. The molecule has 0 radical (unpaired) electrons. The van der Waals surface area contributed by atoms with E-state index in [0.29, 0.717) is 11.8 Å². The molecule has 28 heavy (non-hydrogen) atoms. The molecule has 3 aliphatic rings. The van der Waals surface area contributed by atoms with Crippen molar-refractivity contribution in [3.63, 3.8) is 0 Å². The summed E-state index contributed by atoms with van der Waals surface area (Å²) in [5.74, 6) is 0.775. The Kier molecular flexibility index (Phi) is 5.22. The van der Waals surface area contributed by atoms with E-state index in [2.05, 4.69) is 87.7 Å². The molecule has 2 atom stereocenters. The molecule has 0 aromatic heterocycles. The summed E-state index contributed by atoms with van der Waals surface area (Å²) in [4.78, 5) is 0. The van der Waals surface area contributed by atoms with E-state index in [1.54, 1.807) is 0 Å². The van der Waals surface area contributed by atoms with Gasteiger partial charge in [-0.05, 0) is 54.0 Å². The van der Waals surface area contributed by atoms with Gasteiger partial charge in [0.05, 0.1) is 0 Å². The molecule has 1 aromatic rings. The van der Waals surface area contributed by atoms with Crippen molar-refractivity contribution in [2.24, 2.45) is 11.8 Å². The van der Waals surface area contributed by atoms with Crippen LogP contribution in [0.25, 0.3) is 6.08 Å². The average Bonchev–Trinajstić information content (AvgIpc) is 3.31. The summed E-state index contributed by atoms with van der Waals surface area (Å²) in [5, 5.41) is 0. The number of rotatable bonds is 5. The van der Waals surface area contributed by atoms with Crippen LogP contribution in [0.1, 0.15) is 45.1 Å². The molecule has 0 N–H and O–H groups in total. The van der Waals surface area contributed by atoms with E-state index >= 15 is 0 Å². The van der Waals surface area contributed by atoms with Crippen molar-refractivity contribution in [2.45, 2.75) is 39.5 Å². The van der Waals surface area contributed by atoms with E-state index in [1.165, 1.54) is 44.6 Å². The molecular weight excluding hydrogens is 336 g/mol. The first-order valence-electron chi connectivity index (χ1n) is 10.5. The predicted molar refractivity (Wildman–Crippen MR) is 122 cm³/mol. The Morgan fingerprint density at radius 3 is 2.61 bits per heavy atom. The molecule has 0 nitrogen and oxygen atoms in total. The maximum atomic E-state index is 4.59. The second-order valence-corrected chi connectivity index (χ2v) is 8.28. The Hall–Kier alpha value is -2.60. The zero-order valence-corrected chi connectivity index (χ0v) is 17.2. The molecule has 1 fully saturated rings. The highest BCUT2D eigenvalue weighted by molar-refractivity contribution is 5.67. The largest absolute Gasteiger partial charge is 0.0955 e. The predicted octanol–water partition coefficient (Wildman–Crippen LogP) is 7.76. The quantitative estimate of drug-likeness (QED) is 0.499. The van der Waals surface area contributed by atoms with Gasteiger partial charge in [-0.2, -0.15) is 0 Å². The minimum Gasteiger partial charge on any atom is -0.0955 e. The summed E-state index contributed by atoms with van der Waals surface area (Å²) in [6.45, 7) is 13.6. The smallest absolute Gasteiger partial charge is 0.0166 e. The van der Waals surface area contributed by atoms with Crippen molar-refractivity contribution in [1.82, 2.24) is 0 Å². The van der Waals surface area contributed by atoms with Gasteiger partial charge in [0.25, 0.3) is 0 Å². The number of benzene rings is 1. The van der Waals surface area contributed by atoms with Crippen molar-refractivity contribution in [1.29, 1.82) is 0 Å². The van der Waals surface area contributed by atoms with Gasteiger partial charge >= 0.3 is 0 Å². The fourth-order valence-electron chi connectivity index (χ4n) is 5.11. The van der Waals surface area contributed by atoms with Gasteiger partial charge in [0.15, 0.2) is 0 Å². The van der Waals surface area contributed by atoms with Crippen LogP contribution in [0.2, 0.25) is 0 Å². The lowest BCUT2D eigenvalue weighted by atomic mass is 9.68. The topological polar surface area (TPSA) is 0 Å². The van der Waals surface area contributed by atoms with Gasteiger partial charge in [-0.1, -0.05) is 104 Å². The summed E-state index contributed by atoms with van der Waals surface area (Å²) in [6.07, 6.45) is 15.8. The van der Waals surface area contributed by atoms with Crippen molar-refractivity contribution in [3.05, 3.63) is 112 Å². The molecular formula is C28H30. The number of hydrogen-bond donors (Lipinski definition) is 0. The van der Waals surface area contributed by atoms with Gasteiger partial charge in [0.1, 0.15) is 0 Å². The first-order valence-corrected chi connectivity index (χ1v) is 10.5. The highest BCUT2D eigenvalue weighted by Gasteiger charge is 2.41. The summed E-state index contributed by atoms with van der Waals surface area (Å²) in [5.41, 5.74) is 11.2. The third-order valence-corrected chi connectivity index (χ3v) is 6.33. The Bertz CT molecular complexity index is 957. The van der Waals surface area contributed by atoms with Crippen molar-refractivity contribution in [3.8, 4) is 0 Å². The van der Waals surface area contributed by atoms with Crippen molar-refractivity contribution >= 4 is 6.08 Å². The maximum absolute atomic E-state index is 4.59. The summed E-state index contributed by atoms with van der Waals surface area (Å²) in [6, 6.07) is 10.6. The van der Waals surface area contributed by atoms with Crippen LogP contribution in [0.4, 0.5) is 0 Å². The number of hydrogen-bond acceptors (Lipinski definition) is 0. The molecule has 0 bridgehead atoms. The highest BCUT2D eigenvalue weighted by atomic mass is 14.4. The lowest BCUT2D eigenvalue weighted by Gasteiger charge is -2.35. The molecule has 0 spiro atoms. The standard InChI is InChI=1S/C28H30/c1-5-11-19(2)26-20(3)16-25-18-24(17-22-12-7-6-8-13-22)21(4)27(25)28(26)23-14-9-10-15-23/h6-10,12-14,16-17,27-28H,2,4-5,11,15,18H2,1,3H3. The SMILES string of the molecule is C=C(CCC)C1=C(C)C=C2CC(=Cc3ccccc3)C(=C)C2C1C1=CC=CC1. The van der Waals surface area contributed by atoms with Crippen LogP contribution in [0, 0.1) is 11.8 Å². The van der Waals surface area contributed by atoms with Crippen LogP contribution in [-0.2, 0) is 0 Å². The molecule has 0 amide bonds. The van der Waals surface area contributed by atoms with E-state index in [4.69, 9.17) is 0 Å². The molecule has 3 aliphatic carbocycles. The molecule has 0 heteroatoms. The average molecular weight is 367 g/mol. The monoisotopic (exact) mass is 366 g/mol. The molecule has 0 heterocycles.